The van der Waals surface area contributed by atoms with Crippen molar-refractivity contribution in [1.29, 1.82) is 0 Å². The molecule has 110 valence electrons. The van der Waals surface area contributed by atoms with Crippen LogP contribution >= 0.6 is 15.9 Å². The number of nitrogens with zero attached hydrogens (tertiary/aromatic N) is 1. The zero-order valence-electron chi connectivity index (χ0n) is 11.0. The maximum atomic E-state index is 13.4. The fourth-order valence-electron chi connectivity index (χ4n) is 1.71. The molecule has 0 unspecified atom stereocenters. The lowest BCUT2D eigenvalue weighted by atomic mass is 10.2. The summed E-state index contributed by atoms with van der Waals surface area (Å²) in [5.74, 6) is 0.193. The highest BCUT2D eigenvalue weighted by molar-refractivity contribution is 9.10. The number of nitro groups is 1. The van der Waals surface area contributed by atoms with Crippen LogP contribution in [0.25, 0.3) is 0 Å². The molecule has 2 aromatic carbocycles. The van der Waals surface area contributed by atoms with Gasteiger partial charge in [-0.1, -0.05) is 12.1 Å². The van der Waals surface area contributed by atoms with Crippen LogP contribution in [0.15, 0.2) is 40.9 Å². The van der Waals surface area contributed by atoms with E-state index in [1.54, 1.807) is 12.1 Å². The summed E-state index contributed by atoms with van der Waals surface area (Å²) in [7, 11) is 1.44. The van der Waals surface area contributed by atoms with Crippen LogP contribution in [0.2, 0.25) is 0 Å². The molecule has 0 heterocycles. The van der Waals surface area contributed by atoms with E-state index in [1.807, 2.05) is 0 Å². The fraction of sp³-hybridized carbons (Fsp3) is 0.143. The number of hydrogen-bond acceptors (Lipinski definition) is 4. The lowest BCUT2D eigenvalue weighted by Crippen LogP contribution is -2.00. The number of non-ortho nitro benzene ring substituents is 1. The molecule has 0 N–H and O–H groups in total. The Hall–Kier alpha value is -2.15. The van der Waals surface area contributed by atoms with Crippen LogP contribution in [0.1, 0.15) is 5.56 Å². The van der Waals surface area contributed by atoms with E-state index in [2.05, 4.69) is 15.9 Å². The van der Waals surface area contributed by atoms with Crippen LogP contribution in [-0.4, -0.2) is 12.0 Å². The predicted octanol–water partition coefficient (Wildman–Crippen LogP) is 4.08. The van der Waals surface area contributed by atoms with E-state index >= 15 is 0 Å². The maximum absolute atomic E-state index is 13.4. The van der Waals surface area contributed by atoms with E-state index < -0.39 is 10.7 Å². The monoisotopic (exact) mass is 355 g/mol. The summed E-state index contributed by atoms with van der Waals surface area (Å²) < 4.78 is 24.3. The molecular formula is C14H11BrFNO4. The second-order valence-electron chi connectivity index (χ2n) is 4.09. The molecule has 0 saturated carbocycles. The molecule has 0 aliphatic rings. The molecule has 0 amide bonds. The molecule has 0 radical (unpaired) electrons. The second kappa shape index (κ2) is 6.53. The van der Waals surface area contributed by atoms with Crippen LogP contribution < -0.4 is 9.47 Å². The fourth-order valence-corrected chi connectivity index (χ4v) is 2.09. The number of halogens is 2. The number of ether oxygens (including phenoxy) is 2. The van der Waals surface area contributed by atoms with Crippen molar-refractivity contribution in [3.05, 3.63) is 62.4 Å². The molecule has 0 fully saturated rings. The van der Waals surface area contributed by atoms with Crippen LogP contribution in [0.3, 0.4) is 0 Å². The van der Waals surface area contributed by atoms with E-state index in [0.717, 1.165) is 0 Å². The van der Waals surface area contributed by atoms with Crippen LogP contribution in [-0.2, 0) is 6.61 Å². The quantitative estimate of drug-likeness (QED) is 0.598. The van der Waals surface area contributed by atoms with Crippen molar-refractivity contribution in [3.63, 3.8) is 0 Å². The van der Waals surface area contributed by atoms with E-state index in [4.69, 9.17) is 9.47 Å². The summed E-state index contributed by atoms with van der Waals surface area (Å²) in [6.45, 7) is 0.0515. The number of nitro benzene ring substituents is 1. The summed E-state index contributed by atoms with van der Waals surface area (Å²) in [6.07, 6.45) is 0. The topological polar surface area (TPSA) is 61.6 Å². The molecule has 5 nitrogen and oxygen atoms in total. The lowest BCUT2D eigenvalue weighted by Gasteiger charge is -2.11. The SMILES string of the molecule is COc1ccc([N+](=O)[O-])cc1OCc1cccc(F)c1Br. The van der Waals surface area contributed by atoms with Gasteiger partial charge in [-0.2, -0.15) is 0 Å². The molecule has 2 rings (SSSR count). The first-order chi connectivity index (χ1) is 10.0. The van der Waals surface area contributed by atoms with Gasteiger partial charge in [-0.3, -0.25) is 10.1 Å². The van der Waals surface area contributed by atoms with Gasteiger partial charge in [-0.05, 0) is 28.1 Å². The first-order valence-electron chi connectivity index (χ1n) is 5.91. The van der Waals surface area contributed by atoms with Crippen LogP contribution in [0.4, 0.5) is 10.1 Å². The van der Waals surface area contributed by atoms with Crippen molar-refractivity contribution in [2.24, 2.45) is 0 Å². The summed E-state index contributed by atoms with van der Waals surface area (Å²) in [5.41, 5.74) is 0.479. The second-order valence-corrected chi connectivity index (χ2v) is 4.89. The Labute approximate surface area is 128 Å². The molecule has 7 heteroatoms. The number of hydrogen-bond donors (Lipinski definition) is 0. The van der Waals surface area contributed by atoms with E-state index in [1.165, 1.54) is 31.4 Å². The maximum Gasteiger partial charge on any atom is 0.273 e. The molecule has 21 heavy (non-hydrogen) atoms. The molecular weight excluding hydrogens is 345 g/mol. The third-order valence-electron chi connectivity index (χ3n) is 2.77. The molecule has 0 atom stereocenters. The Kier molecular flexibility index (Phi) is 4.74. The van der Waals surface area contributed by atoms with Crippen molar-refractivity contribution < 1.29 is 18.8 Å². The Morgan fingerprint density at radius 2 is 2.05 bits per heavy atom. The van der Waals surface area contributed by atoms with Gasteiger partial charge in [0.05, 0.1) is 22.6 Å². The minimum atomic E-state index is -0.523. The van der Waals surface area contributed by atoms with Crippen LogP contribution in [0.5, 0.6) is 11.5 Å². The van der Waals surface area contributed by atoms with E-state index in [0.29, 0.717) is 15.8 Å². The van der Waals surface area contributed by atoms with Gasteiger partial charge in [-0.25, -0.2) is 4.39 Å². The van der Waals surface area contributed by atoms with Crippen molar-refractivity contribution in [2.45, 2.75) is 6.61 Å². The summed E-state index contributed by atoms with van der Waals surface area (Å²) in [6, 6.07) is 8.62. The smallest absolute Gasteiger partial charge is 0.273 e. The Morgan fingerprint density at radius 1 is 1.29 bits per heavy atom. The van der Waals surface area contributed by atoms with Crippen LogP contribution in [0, 0.1) is 15.9 Å². The van der Waals surface area contributed by atoms with Gasteiger partial charge in [0.25, 0.3) is 5.69 Å². The molecule has 2 aromatic rings. The molecule has 0 aliphatic heterocycles. The van der Waals surface area contributed by atoms with Crippen molar-refractivity contribution in [1.82, 2.24) is 0 Å². The van der Waals surface area contributed by atoms with Gasteiger partial charge in [0.1, 0.15) is 12.4 Å². The van der Waals surface area contributed by atoms with E-state index in [-0.39, 0.29) is 18.0 Å². The van der Waals surface area contributed by atoms with Gasteiger partial charge in [0.2, 0.25) is 0 Å². The number of rotatable bonds is 5. The molecule has 0 aliphatic carbocycles. The summed E-state index contributed by atoms with van der Waals surface area (Å²) >= 11 is 3.13. The Morgan fingerprint density at radius 3 is 2.71 bits per heavy atom. The zero-order chi connectivity index (χ0) is 15.4. The zero-order valence-corrected chi connectivity index (χ0v) is 12.6. The van der Waals surface area contributed by atoms with Gasteiger partial charge in [0, 0.05) is 11.6 Å². The number of benzene rings is 2. The highest BCUT2D eigenvalue weighted by atomic mass is 79.9. The van der Waals surface area contributed by atoms with Gasteiger partial charge in [0.15, 0.2) is 11.5 Å². The van der Waals surface area contributed by atoms with E-state index in [9.17, 15) is 14.5 Å². The summed E-state index contributed by atoms with van der Waals surface area (Å²) in [4.78, 5) is 10.3. The average molecular weight is 356 g/mol. The Bertz CT molecular complexity index is 678. The largest absolute Gasteiger partial charge is 0.493 e. The van der Waals surface area contributed by atoms with Gasteiger partial charge >= 0.3 is 0 Å². The molecule has 0 spiro atoms. The minimum Gasteiger partial charge on any atom is -0.493 e. The van der Waals surface area contributed by atoms with Crippen molar-refractivity contribution in [3.8, 4) is 11.5 Å². The minimum absolute atomic E-state index is 0.0515. The molecule has 0 bridgehead atoms. The van der Waals surface area contributed by atoms with Crippen molar-refractivity contribution in [2.75, 3.05) is 7.11 Å². The highest BCUT2D eigenvalue weighted by Gasteiger charge is 2.13. The third-order valence-corrected chi connectivity index (χ3v) is 3.66. The molecule has 0 aromatic heterocycles. The highest BCUT2D eigenvalue weighted by Crippen LogP contribution is 2.32. The molecule has 0 saturated heterocycles. The standard InChI is InChI=1S/C14H11BrFNO4/c1-20-12-6-5-10(17(18)19)7-13(12)21-8-9-3-2-4-11(16)14(9)15/h2-7H,8H2,1H3. The summed E-state index contributed by atoms with van der Waals surface area (Å²) in [5, 5.41) is 10.8. The first-order valence-corrected chi connectivity index (χ1v) is 6.70. The average Bonchev–Trinajstić information content (AvgIpc) is 2.48. The normalized spacial score (nSPS) is 10.2. The third kappa shape index (κ3) is 3.49. The predicted molar refractivity (Wildman–Crippen MR) is 78.1 cm³/mol. The lowest BCUT2D eigenvalue weighted by molar-refractivity contribution is -0.385. The van der Waals surface area contributed by atoms with Crippen molar-refractivity contribution >= 4 is 21.6 Å². The first kappa shape index (κ1) is 15.2. The van der Waals surface area contributed by atoms with Gasteiger partial charge < -0.3 is 9.47 Å². The Balaban J connectivity index is 2.24. The number of methoxy groups -OCH3 is 1. The van der Waals surface area contributed by atoms with Gasteiger partial charge in [-0.15, -0.1) is 0 Å².